The van der Waals surface area contributed by atoms with Gasteiger partial charge in [-0.15, -0.1) is 0 Å². The van der Waals surface area contributed by atoms with Gasteiger partial charge in [0.2, 0.25) is 0 Å². The average molecular weight is 193 g/mol. The molecule has 0 aromatic heterocycles. The lowest BCUT2D eigenvalue weighted by Crippen LogP contribution is -2.13. The van der Waals surface area contributed by atoms with E-state index in [0.29, 0.717) is 5.75 Å². The molecule has 76 valence electrons. The van der Waals surface area contributed by atoms with Gasteiger partial charge in [0.15, 0.2) is 11.5 Å². The Labute approximate surface area is 83.7 Å². The highest BCUT2D eigenvalue weighted by Gasteiger charge is 2.20. The van der Waals surface area contributed by atoms with Gasteiger partial charge in [0.05, 0.1) is 7.11 Å². The van der Waals surface area contributed by atoms with Crippen molar-refractivity contribution in [3.63, 3.8) is 0 Å². The molecule has 2 rings (SSSR count). The van der Waals surface area contributed by atoms with E-state index in [4.69, 9.17) is 4.74 Å². The molecule has 1 fully saturated rings. The quantitative estimate of drug-likeness (QED) is 0.752. The zero-order chi connectivity index (χ0) is 9.97. The zero-order valence-corrected chi connectivity index (χ0v) is 8.29. The molecular weight excluding hydrogens is 178 g/mol. The van der Waals surface area contributed by atoms with Crippen LogP contribution in [0.4, 0.5) is 0 Å². The summed E-state index contributed by atoms with van der Waals surface area (Å²) < 4.78 is 5.07. The van der Waals surface area contributed by atoms with Crippen molar-refractivity contribution in [2.75, 3.05) is 13.7 Å². The number of hydrogen-bond acceptors (Lipinski definition) is 3. The van der Waals surface area contributed by atoms with Crippen LogP contribution in [0.25, 0.3) is 0 Å². The third-order valence-electron chi connectivity index (χ3n) is 2.69. The van der Waals surface area contributed by atoms with E-state index < -0.39 is 0 Å². The van der Waals surface area contributed by atoms with E-state index in [0.717, 1.165) is 18.5 Å². The molecule has 3 heteroatoms. The topological polar surface area (TPSA) is 41.5 Å². The van der Waals surface area contributed by atoms with Crippen molar-refractivity contribution in [1.82, 2.24) is 5.32 Å². The fraction of sp³-hybridized carbons (Fsp3) is 0.455. The summed E-state index contributed by atoms with van der Waals surface area (Å²) in [4.78, 5) is 0. The molecular formula is C11H15NO2. The summed E-state index contributed by atoms with van der Waals surface area (Å²) in [5, 5.41) is 13.2. The van der Waals surface area contributed by atoms with Gasteiger partial charge in [-0.1, -0.05) is 12.1 Å². The maximum Gasteiger partial charge on any atom is 0.162 e. The molecule has 0 aliphatic carbocycles. The predicted molar refractivity (Wildman–Crippen MR) is 54.6 cm³/mol. The standard InChI is InChI=1S/C11H15NO2/c1-14-10-6-2-4-8(11(10)13)9-5-3-7-12-9/h2,4,6,9,12-13H,3,5,7H2,1H3/t9-/m0/s1. The lowest BCUT2D eigenvalue weighted by Gasteiger charge is -2.14. The number of methoxy groups -OCH3 is 1. The minimum absolute atomic E-state index is 0.273. The third kappa shape index (κ3) is 1.55. The minimum Gasteiger partial charge on any atom is -0.504 e. The Kier molecular flexibility index (Phi) is 2.59. The van der Waals surface area contributed by atoms with Crippen LogP contribution >= 0.6 is 0 Å². The van der Waals surface area contributed by atoms with Crippen molar-refractivity contribution in [1.29, 1.82) is 0 Å². The number of phenols is 1. The van der Waals surface area contributed by atoms with Crippen LogP contribution in [0.3, 0.4) is 0 Å². The van der Waals surface area contributed by atoms with Crippen LogP contribution in [0.5, 0.6) is 11.5 Å². The van der Waals surface area contributed by atoms with Gasteiger partial charge in [0.1, 0.15) is 0 Å². The largest absolute Gasteiger partial charge is 0.504 e. The first-order valence-electron chi connectivity index (χ1n) is 4.92. The van der Waals surface area contributed by atoms with Gasteiger partial charge in [-0.3, -0.25) is 0 Å². The van der Waals surface area contributed by atoms with E-state index >= 15 is 0 Å². The van der Waals surface area contributed by atoms with Gasteiger partial charge in [-0.25, -0.2) is 0 Å². The van der Waals surface area contributed by atoms with Crippen molar-refractivity contribution < 1.29 is 9.84 Å². The highest BCUT2D eigenvalue weighted by Crippen LogP contribution is 2.36. The fourth-order valence-electron chi connectivity index (χ4n) is 1.94. The Balaban J connectivity index is 2.32. The molecule has 1 aliphatic rings. The fourth-order valence-corrected chi connectivity index (χ4v) is 1.94. The van der Waals surface area contributed by atoms with Crippen LogP contribution in [-0.2, 0) is 0 Å². The molecule has 1 heterocycles. The van der Waals surface area contributed by atoms with E-state index in [-0.39, 0.29) is 11.8 Å². The molecule has 2 N–H and O–H groups in total. The highest BCUT2D eigenvalue weighted by molar-refractivity contribution is 5.47. The van der Waals surface area contributed by atoms with Crippen LogP contribution in [0, 0.1) is 0 Å². The zero-order valence-electron chi connectivity index (χ0n) is 8.29. The summed E-state index contributed by atoms with van der Waals surface area (Å²) in [5.41, 5.74) is 0.946. The summed E-state index contributed by atoms with van der Waals surface area (Å²) >= 11 is 0. The molecule has 0 saturated carbocycles. The molecule has 1 aliphatic heterocycles. The van der Waals surface area contributed by atoms with Crippen molar-refractivity contribution in [3.05, 3.63) is 23.8 Å². The van der Waals surface area contributed by atoms with E-state index in [1.54, 1.807) is 13.2 Å². The SMILES string of the molecule is COc1cccc([C@@H]2CCCN2)c1O. The van der Waals surface area contributed by atoms with Gasteiger partial charge in [-0.2, -0.15) is 0 Å². The molecule has 0 unspecified atom stereocenters. The summed E-state index contributed by atoms with van der Waals surface area (Å²) in [6.45, 7) is 1.03. The molecule has 1 aromatic carbocycles. The van der Waals surface area contributed by atoms with Crippen molar-refractivity contribution >= 4 is 0 Å². The normalized spacial score (nSPS) is 21.1. The van der Waals surface area contributed by atoms with Crippen molar-refractivity contribution in [2.45, 2.75) is 18.9 Å². The second-order valence-corrected chi connectivity index (χ2v) is 3.55. The second kappa shape index (κ2) is 3.88. The number of hydrogen-bond donors (Lipinski definition) is 2. The molecule has 0 radical (unpaired) electrons. The number of nitrogens with one attached hydrogen (secondary N) is 1. The van der Waals surface area contributed by atoms with Crippen LogP contribution in [0.2, 0.25) is 0 Å². The molecule has 0 spiro atoms. The van der Waals surface area contributed by atoms with Crippen LogP contribution in [0.1, 0.15) is 24.4 Å². The van der Waals surface area contributed by atoms with Gasteiger partial charge >= 0.3 is 0 Å². The Hall–Kier alpha value is -1.22. The third-order valence-corrected chi connectivity index (χ3v) is 2.69. The summed E-state index contributed by atoms with van der Waals surface area (Å²) in [7, 11) is 1.57. The number of aromatic hydroxyl groups is 1. The monoisotopic (exact) mass is 193 g/mol. The number of para-hydroxylation sites is 1. The molecule has 3 nitrogen and oxygen atoms in total. The van der Waals surface area contributed by atoms with Gasteiger partial charge in [0.25, 0.3) is 0 Å². The number of rotatable bonds is 2. The van der Waals surface area contributed by atoms with Crippen molar-refractivity contribution in [2.24, 2.45) is 0 Å². The number of ether oxygens (including phenoxy) is 1. The smallest absolute Gasteiger partial charge is 0.162 e. The average Bonchev–Trinajstić information content (AvgIpc) is 2.71. The molecule has 0 bridgehead atoms. The lowest BCUT2D eigenvalue weighted by molar-refractivity contribution is 0.367. The first-order chi connectivity index (χ1) is 6.83. The Morgan fingerprint density at radius 1 is 1.50 bits per heavy atom. The molecule has 1 saturated heterocycles. The van der Waals surface area contributed by atoms with E-state index in [1.807, 2.05) is 12.1 Å². The summed E-state index contributed by atoms with van der Waals surface area (Å²) in [6, 6.07) is 5.91. The van der Waals surface area contributed by atoms with E-state index in [1.165, 1.54) is 6.42 Å². The van der Waals surface area contributed by atoms with E-state index in [2.05, 4.69) is 5.32 Å². The molecule has 14 heavy (non-hydrogen) atoms. The Morgan fingerprint density at radius 2 is 2.36 bits per heavy atom. The lowest BCUT2D eigenvalue weighted by atomic mass is 10.0. The summed E-state index contributed by atoms with van der Waals surface area (Å²) in [6.07, 6.45) is 2.25. The molecule has 1 aromatic rings. The Morgan fingerprint density at radius 3 is 3.00 bits per heavy atom. The first-order valence-corrected chi connectivity index (χ1v) is 4.92. The maximum absolute atomic E-state index is 9.88. The van der Waals surface area contributed by atoms with E-state index in [9.17, 15) is 5.11 Å². The highest BCUT2D eigenvalue weighted by atomic mass is 16.5. The van der Waals surface area contributed by atoms with Crippen LogP contribution in [0.15, 0.2) is 18.2 Å². The first kappa shape index (κ1) is 9.34. The molecule has 0 amide bonds. The van der Waals surface area contributed by atoms with Crippen LogP contribution in [-0.4, -0.2) is 18.8 Å². The maximum atomic E-state index is 9.88. The summed E-state index contributed by atoms with van der Waals surface area (Å²) in [5.74, 6) is 0.825. The Bertz CT molecular complexity index is 319. The predicted octanol–water partition coefficient (Wildman–Crippen LogP) is 1.83. The number of benzene rings is 1. The van der Waals surface area contributed by atoms with Gasteiger partial charge in [0, 0.05) is 11.6 Å². The molecule has 1 atom stereocenters. The number of phenolic OH excluding ortho intramolecular Hbond substituents is 1. The minimum atomic E-state index is 0.273. The van der Waals surface area contributed by atoms with Gasteiger partial charge < -0.3 is 15.2 Å². The van der Waals surface area contributed by atoms with Crippen LogP contribution < -0.4 is 10.1 Å². The van der Waals surface area contributed by atoms with Gasteiger partial charge in [-0.05, 0) is 25.5 Å². The van der Waals surface area contributed by atoms with Crippen molar-refractivity contribution in [3.8, 4) is 11.5 Å². The second-order valence-electron chi connectivity index (χ2n) is 3.55.